The van der Waals surface area contributed by atoms with Gasteiger partial charge < -0.3 is 16.0 Å². The number of carbonyl (C=O) groups excluding carboxylic acids is 2. The Balaban J connectivity index is 1.48. The third kappa shape index (κ3) is 3.41. The molecule has 6 heteroatoms. The molecule has 1 aliphatic heterocycles. The standard InChI is InChI=1S/C22H16N4O2/c23-12-14-3-1-4-17(11-14)26-22(28)25-16-9-7-15(8-10-16)18-5-2-6-19-20(18)13-24-21(19)27/h1-11H,13H2,(H,24,27)(H2,25,26,28). The van der Waals surface area contributed by atoms with Gasteiger partial charge in [0.25, 0.3) is 5.91 Å². The molecule has 4 rings (SSSR count). The predicted octanol–water partition coefficient (Wildman–Crippen LogP) is 4.11. The van der Waals surface area contributed by atoms with E-state index in [4.69, 9.17) is 5.26 Å². The number of nitriles is 1. The third-order valence-electron chi connectivity index (χ3n) is 4.55. The maximum Gasteiger partial charge on any atom is 0.323 e. The molecule has 0 fully saturated rings. The zero-order valence-corrected chi connectivity index (χ0v) is 14.8. The van der Waals surface area contributed by atoms with Crippen molar-refractivity contribution in [2.75, 3.05) is 10.6 Å². The number of fused-ring (bicyclic) bond motifs is 1. The van der Waals surface area contributed by atoms with Gasteiger partial charge in [-0.1, -0.05) is 30.3 Å². The van der Waals surface area contributed by atoms with Gasteiger partial charge in [0.15, 0.2) is 0 Å². The van der Waals surface area contributed by atoms with E-state index in [0.29, 0.717) is 29.0 Å². The summed E-state index contributed by atoms with van der Waals surface area (Å²) in [4.78, 5) is 24.0. The lowest BCUT2D eigenvalue weighted by Gasteiger charge is -2.10. The average molecular weight is 368 g/mol. The summed E-state index contributed by atoms with van der Waals surface area (Å²) in [5.74, 6) is -0.0488. The van der Waals surface area contributed by atoms with Crippen LogP contribution in [0.5, 0.6) is 0 Å². The molecule has 3 aromatic rings. The van der Waals surface area contributed by atoms with E-state index in [1.54, 1.807) is 24.3 Å². The van der Waals surface area contributed by atoms with Crippen molar-refractivity contribution in [1.29, 1.82) is 5.26 Å². The Labute approximate surface area is 161 Å². The van der Waals surface area contributed by atoms with Crippen LogP contribution < -0.4 is 16.0 Å². The monoisotopic (exact) mass is 368 g/mol. The fraction of sp³-hybridized carbons (Fsp3) is 0.0455. The van der Waals surface area contributed by atoms with Gasteiger partial charge in [-0.25, -0.2) is 4.79 Å². The minimum atomic E-state index is -0.391. The molecule has 0 aromatic heterocycles. The van der Waals surface area contributed by atoms with Crippen molar-refractivity contribution in [1.82, 2.24) is 5.32 Å². The molecule has 0 spiro atoms. The normalized spacial score (nSPS) is 11.9. The molecule has 136 valence electrons. The molecule has 0 atom stereocenters. The molecule has 0 aliphatic carbocycles. The van der Waals surface area contributed by atoms with E-state index in [1.165, 1.54) is 0 Å². The lowest BCUT2D eigenvalue weighted by molar-refractivity contribution is 0.0965. The van der Waals surface area contributed by atoms with Crippen LogP contribution in [0.1, 0.15) is 21.5 Å². The van der Waals surface area contributed by atoms with E-state index in [-0.39, 0.29) is 5.91 Å². The molecule has 3 aromatic carbocycles. The van der Waals surface area contributed by atoms with Gasteiger partial charge in [-0.05, 0) is 53.1 Å². The minimum Gasteiger partial charge on any atom is -0.348 e. The van der Waals surface area contributed by atoms with Gasteiger partial charge in [-0.3, -0.25) is 4.79 Å². The fourth-order valence-electron chi connectivity index (χ4n) is 3.22. The van der Waals surface area contributed by atoms with Crippen molar-refractivity contribution in [2.24, 2.45) is 0 Å². The Morgan fingerprint density at radius 2 is 1.64 bits per heavy atom. The van der Waals surface area contributed by atoms with E-state index < -0.39 is 6.03 Å². The molecule has 0 saturated heterocycles. The third-order valence-corrected chi connectivity index (χ3v) is 4.55. The number of rotatable bonds is 3. The average Bonchev–Trinajstić information content (AvgIpc) is 3.10. The Hall–Kier alpha value is -4.11. The minimum absolute atomic E-state index is 0.0488. The number of hydrogen-bond acceptors (Lipinski definition) is 3. The van der Waals surface area contributed by atoms with Crippen LogP contribution in [-0.4, -0.2) is 11.9 Å². The SMILES string of the molecule is N#Cc1cccc(NC(=O)Nc2ccc(-c3cccc4c3CNC4=O)cc2)c1. The molecule has 3 amide bonds. The van der Waals surface area contributed by atoms with Crippen molar-refractivity contribution in [3.63, 3.8) is 0 Å². The Morgan fingerprint density at radius 3 is 2.43 bits per heavy atom. The summed E-state index contributed by atoms with van der Waals surface area (Å²) < 4.78 is 0. The van der Waals surface area contributed by atoms with Crippen molar-refractivity contribution in [3.8, 4) is 17.2 Å². The molecule has 1 heterocycles. The molecule has 0 bridgehead atoms. The summed E-state index contributed by atoms with van der Waals surface area (Å²) in [7, 11) is 0. The molecule has 6 nitrogen and oxygen atoms in total. The predicted molar refractivity (Wildman–Crippen MR) is 107 cm³/mol. The quantitative estimate of drug-likeness (QED) is 0.649. The largest absolute Gasteiger partial charge is 0.348 e. The number of hydrogen-bond donors (Lipinski definition) is 3. The maximum absolute atomic E-state index is 12.2. The number of urea groups is 1. The second-order valence-electron chi connectivity index (χ2n) is 6.36. The molecule has 1 aliphatic rings. The summed E-state index contributed by atoms with van der Waals surface area (Å²) in [6.45, 7) is 0.522. The highest BCUT2D eigenvalue weighted by atomic mass is 16.2. The van der Waals surface area contributed by atoms with Gasteiger partial charge >= 0.3 is 6.03 Å². The van der Waals surface area contributed by atoms with Crippen LogP contribution in [0.2, 0.25) is 0 Å². The number of nitrogens with zero attached hydrogens (tertiary/aromatic N) is 1. The van der Waals surface area contributed by atoms with E-state index in [1.807, 2.05) is 48.5 Å². The van der Waals surface area contributed by atoms with Crippen LogP contribution in [0, 0.1) is 11.3 Å². The van der Waals surface area contributed by atoms with Gasteiger partial charge in [-0.2, -0.15) is 5.26 Å². The van der Waals surface area contributed by atoms with Crippen molar-refractivity contribution < 1.29 is 9.59 Å². The van der Waals surface area contributed by atoms with Gasteiger partial charge in [0.1, 0.15) is 0 Å². The highest BCUT2D eigenvalue weighted by molar-refractivity contribution is 6.01. The smallest absolute Gasteiger partial charge is 0.323 e. The van der Waals surface area contributed by atoms with Gasteiger partial charge in [-0.15, -0.1) is 0 Å². The second kappa shape index (κ2) is 7.25. The van der Waals surface area contributed by atoms with E-state index >= 15 is 0 Å². The molecular weight excluding hydrogens is 352 g/mol. The number of nitrogens with one attached hydrogen (secondary N) is 3. The second-order valence-corrected chi connectivity index (χ2v) is 6.36. The molecular formula is C22H16N4O2. The fourth-order valence-corrected chi connectivity index (χ4v) is 3.22. The highest BCUT2D eigenvalue weighted by Gasteiger charge is 2.21. The molecule has 28 heavy (non-hydrogen) atoms. The van der Waals surface area contributed by atoms with Crippen LogP contribution in [0.4, 0.5) is 16.2 Å². The highest BCUT2D eigenvalue weighted by Crippen LogP contribution is 2.30. The summed E-state index contributed by atoms with van der Waals surface area (Å²) in [5, 5.41) is 17.2. The zero-order valence-electron chi connectivity index (χ0n) is 14.8. The summed E-state index contributed by atoms with van der Waals surface area (Å²) in [6.07, 6.45) is 0. The molecule has 0 unspecified atom stereocenters. The zero-order chi connectivity index (χ0) is 19.5. The van der Waals surface area contributed by atoms with E-state index in [2.05, 4.69) is 16.0 Å². The summed E-state index contributed by atoms with van der Waals surface area (Å²) in [6, 6.07) is 21.5. The first-order valence-electron chi connectivity index (χ1n) is 8.73. The van der Waals surface area contributed by atoms with Crippen LogP contribution in [0.3, 0.4) is 0 Å². The lowest BCUT2D eigenvalue weighted by atomic mass is 9.97. The number of anilines is 2. The molecule has 3 N–H and O–H groups in total. The van der Waals surface area contributed by atoms with E-state index in [0.717, 1.165) is 16.7 Å². The van der Waals surface area contributed by atoms with Crippen LogP contribution in [0.25, 0.3) is 11.1 Å². The number of carbonyl (C=O) groups is 2. The number of benzene rings is 3. The molecule has 0 radical (unpaired) electrons. The topological polar surface area (TPSA) is 94.0 Å². The maximum atomic E-state index is 12.2. The van der Waals surface area contributed by atoms with E-state index in [9.17, 15) is 9.59 Å². The number of amides is 3. The van der Waals surface area contributed by atoms with Crippen LogP contribution in [0.15, 0.2) is 66.7 Å². The summed E-state index contributed by atoms with van der Waals surface area (Å²) in [5.41, 5.74) is 5.33. The molecule has 0 saturated carbocycles. The van der Waals surface area contributed by atoms with Gasteiger partial charge in [0.05, 0.1) is 11.6 Å². The van der Waals surface area contributed by atoms with Crippen molar-refractivity contribution in [2.45, 2.75) is 6.54 Å². The summed E-state index contributed by atoms with van der Waals surface area (Å²) >= 11 is 0. The first kappa shape index (κ1) is 17.3. The van der Waals surface area contributed by atoms with Crippen molar-refractivity contribution in [3.05, 3.63) is 83.4 Å². The van der Waals surface area contributed by atoms with Gasteiger partial charge in [0.2, 0.25) is 0 Å². The van der Waals surface area contributed by atoms with Crippen LogP contribution >= 0.6 is 0 Å². The lowest BCUT2D eigenvalue weighted by Crippen LogP contribution is -2.19. The Bertz CT molecular complexity index is 1110. The first-order chi connectivity index (χ1) is 13.6. The van der Waals surface area contributed by atoms with Crippen molar-refractivity contribution >= 4 is 23.3 Å². The first-order valence-corrected chi connectivity index (χ1v) is 8.73. The Kier molecular flexibility index (Phi) is 4.48. The van der Waals surface area contributed by atoms with Crippen LogP contribution in [-0.2, 0) is 6.54 Å². The Morgan fingerprint density at radius 1 is 0.929 bits per heavy atom. The van der Waals surface area contributed by atoms with Gasteiger partial charge in [0, 0.05) is 23.5 Å².